The lowest BCUT2D eigenvalue weighted by Gasteiger charge is -2.07. The van der Waals surface area contributed by atoms with Crippen molar-refractivity contribution in [3.05, 3.63) is 46.0 Å². The minimum absolute atomic E-state index is 0.0444. The largest absolute Gasteiger partial charge is 0.493 e. The van der Waals surface area contributed by atoms with E-state index in [1.807, 2.05) is 0 Å². The van der Waals surface area contributed by atoms with Crippen LogP contribution in [0.5, 0.6) is 23.0 Å². The third-order valence-electron chi connectivity index (χ3n) is 3.44. The van der Waals surface area contributed by atoms with E-state index in [-0.39, 0.29) is 12.5 Å². The molecule has 1 aliphatic rings. The first-order valence-electron chi connectivity index (χ1n) is 8.38. The molecule has 0 bridgehead atoms. The third kappa shape index (κ3) is 4.87. The molecule has 0 saturated heterocycles. The molecule has 0 saturated carbocycles. The summed E-state index contributed by atoms with van der Waals surface area (Å²) in [4.78, 5) is 15.0. The standard InChI is InChI=1S/C16H14N2O6.C3H8/c1-21-13-4-3-11(6-14(13)22-2)17-8-10-5-15-16(24-9-23-15)7-12(10)18(19)20;1-3-2/h3-8H,9H2,1-2H3;3H2,1-2H3. The van der Waals surface area contributed by atoms with Crippen LogP contribution in [0.1, 0.15) is 25.8 Å². The van der Waals surface area contributed by atoms with E-state index in [9.17, 15) is 10.1 Å². The second-order valence-corrected chi connectivity index (χ2v) is 5.53. The Bertz CT molecular complexity index is 835. The summed E-state index contributed by atoms with van der Waals surface area (Å²) in [5, 5.41) is 11.2. The number of hydrogen-bond donors (Lipinski definition) is 0. The van der Waals surface area contributed by atoms with Crippen molar-refractivity contribution < 1.29 is 23.9 Å². The maximum Gasteiger partial charge on any atom is 0.282 e. The SMILES string of the molecule is CCC.COc1ccc(N=Cc2cc3c(cc2[N+](=O)[O-])OCO3)cc1OC. The maximum absolute atomic E-state index is 11.2. The van der Waals surface area contributed by atoms with Gasteiger partial charge >= 0.3 is 0 Å². The molecule has 0 unspecified atom stereocenters. The molecule has 8 heteroatoms. The highest BCUT2D eigenvalue weighted by Crippen LogP contribution is 2.37. The van der Waals surface area contributed by atoms with E-state index in [0.717, 1.165) is 0 Å². The first-order chi connectivity index (χ1) is 13.0. The number of hydrogen-bond acceptors (Lipinski definition) is 7. The first-order valence-corrected chi connectivity index (χ1v) is 8.38. The Kier molecular flexibility index (Phi) is 6.99. The van der Waals surface area contributed by atoms with Crippen LogP contribution >= 0.6 is 0 Å². The van der Waals surface area contributed by atoms with Gasteiger partial charge in [0, 0.05) is 12.3 Å². The van der Waals surface area contributed by atoms with Gasteiger partial charge in [-0.1, -0.05) is 20.3 Å². The molecule has 0 radical (unpaired) electrons. The van der Waals surface area contributed by atoms with Gasteiger partial charge in [-0.15, -0.1) is 0 Å². The summed E-state index contributed by atoms with van der Waals surface area (Å²) >= 11 is 0. The van der Waals surface area contributed by atoms with E-state index in [0.29, 0.717) is 34.2 Å². The Labute approximate surface area is 157 Å². The Hall–Kier alpha value is -3.29. The fraction of sp³-hybridized carbons (Fsp3) is 0.316. The lowest BCUT2D eigenvalue weighted by atomic mass is 10.1. The van der Waals surface area contributed by atoms with Crippen molar-refractivity contribution >= 4 is 17.6 Å². The highest BCUT2D eigenvalue weighted by molar-refractivity contribution is 5.88. The van der Waals surface area contributed by atoms with Crippen molar-refractivity contribution in [1.29, 1.82) is 0 Å². The molecule has 0 aliphatic carbocycles. The molecule has 2 aromatic carbocycles. The van der Waals surface area contributed by atoms with Crippen molar-refractivity contribution in [1.82, 2.24) is 0 Å². The van der Waals surface area contributed by atoms with Gasteiger partial charge in [0.2, 0.25) is 6.79 Å². The summed E-state index contributed by atoms with van der Waals surface area (Å²) in [6.07, 6.45) is 2.65. The highest BCUT2D eigenvalue weighted by Gasteiger charge is 2.22. The van der Waals surface area contributed by atoms with Gasteiger partial charge in [-0.05, 0) is 18.2 Å². The molecular weight excluding hydrogens is 352 g/mol. The molecule has 3 rings (SSSR count). The molecule has 1 heterocycles. The quantitative estimate of drug-likeness (QED) is 0.434. The van der Waals surface area contributed by atoms with Crippen LogP contribution in [0.4, 0.5) is 11.4 Å². The summed E-state index contributed by atoms with van der Waals surface area (Å²) < 4.78 is 20.8. The van der Waals surface area contributed by atoms with Gasteiger partial charge in [0.25, 0.3) is 5.69 Å². The lowest BCUT2D eigenvalue weighted by molar-refractivity contribution is -0.385. The second kappa shape index (κ2) is 9.42. The average Bonchev–Trinajstić information content (AvgIpc) is 3.13. The number of methoxy groups -OCH3 is 2. The van der Waals surface area contributed by atoms with Gasteiger partial charge in [0.05, 0.1) is 36.5 Å². The third-order valence-corrected chi connectivity index (χ3v) is 3.44. The molecule has 144 valence electrons. The molecule has 0 spiro atoms. The fourth-order valence-electron chi connectivity index (χ4n) is 2.26. The Morgan fingerprint density at radius 1 is 1.11 bits per heavy atom. The number of aliphatic imine (C=N–C) groups is 1. The molecule has 1 aliphatic heterocycles. The van der Waals surface area contributed by atoms with Crippen LogP contribution in [0.3, 0.4) is 0 Å². The monoisotopic (exact) mass is 374 g/mol. The summed E-state index contributed by atoms with van der Waals surface area (Å²) in [6, 6.07) is 7.97. The predicted molar refractivity (Wildman–Crippen MR) is 102 cm³/mol. The van der Waals surface area contributed by atoms with Crippen LogP contribution in [0, 0.1) is 10.1 Å². The zero-order chi connectivity index (χ0) is 19.8. The minimum atomic E-state index is -0.488. The van der Waals surface area contributed by atoms with Gasteiger partial charge in [-0.2, -0.15) is 0 Å². The minimum Gasteiger partial charge on any atom is -0.493 e. The van der Waals surface area contributed by atoms with Gasteiger partial charge in [-0.25, -0.2) is 0 Å². The Balaban J connectivity index is 0.000000817. The van der Waals surface area contributed by atoms with Gasteiger partial charge < -0.3 is 18.9 Å². The smallest absolute Gasteiger partial charge is 0.282 e. The number of benzene rings is 2. The molecule has 0 N–H and O–H groups in total. The Morgan fingerprint density at radius 2 is 1.74 bits per heavy atom. The van der Waals surface area contributed by atoms with Crippen LogP contribution < -0.4 is 18.9 Å². The normalized spacial score (nSPS) is 11.7. The second-order valence-electron chi connectivity index (χ2n) is 5.53. The summed E-state index contributed by atoms with van der Waals surface area (Å²) in [5.74, 6) is 1.90. The molecule has 27 heavy (non-hydrogen) atoms. The number of fused-ring (bicyclic) bond motifs is 1. The predicted octanol–water partition coefficient (Wildman–Crippen LogP) is 4.51. The molecule has 0 atom stereocenters. The lowest BCUT2D eigenvalue weighted by Crippen LogP contribution is -1.95. The number of nitrogens with zero attached hydrogens (tertiary/aromatic N) is 2. The molecular formula is C19H22N2O6. The Morgan fingerprint density at radius 3 is 2.33 bits per heavy atom. The van der Waals surface area contributed by atoms with Crippen LogP contribution in [-0.2, 0) is 0 Å². The van der Waals surface area contributed by atoms with Crippen molar-refractivity contribution in [3.8, 4) is 23.0 Å². The van der Waals surface area contributed by atoms with Crippen LogP contribution in [0.2, 0.25) is 0 Å². The molecule has 2 aromatic rings. The van der Waals surface area contributed by atoms with Crippen LogP contribution in [0.15, 0.2) is 35.3 Å². The first kappa shape index (κ1) is 20.0. The van der Waals surface area contributed by atoms with Crippen molar-refractivity contribution in [3.63, 3.8) is 0 Å². The zero-order valence-electron chi connectivity index (χ0n) is 15.7. The highest BCUT2D eigenvalue weighted by atomic mass is 16.7. The molecule has 0 aromatic heterocycles. The number of nitro benzene ring substituents is 1. The molecule has 0 fully saturated rings. The van der Waals surface area contributed by atoms with Crippen molar-refractivity contribution in [2.45, 2.75) is 20.3 Å². The number of nitro groups is 1. The van der Waals surface area contributed by atoms with Crippen molar-refractivity contribution in [2.24, 2.45) is 4.99 Å². The van der Waals surface area contributed by atoms with Gasteiger partial charge in [-0.3, -0.25) is 15.1 Å². The summed E-state index contributed by atoms with van der Waals surface area (Å²) in [5.41, 5.74) is 0.780. The summed E-state index contributed by atoms with van der Waals surface area (Å²) in [6.45, 7) is 4.29. The van der Waals surface area contributed by atoms with E-state index in [1.54, 1.807) is 18.2 Å². The maximum atomic E-state index is 11.2. The molecule has 0 amide bonds. The average molecular weight is 374 g/mol. The summed E-state index contributed by atoms with van der Waals surface area (Å²) in [7, 11) is 3.06. The van der Waals surface area contributed by atoms with Gasteiger partial charge in [0.15, 0.2) is 23.0 Å². The van der Waals surface area contributed by atoms with E-state index >= 15 is 0 Å². The fourth-order valence-corrected chi connectivity index (χ4v) is 2.26. The van der Waals surface area contributed by atoms with Crippen LogP contribution in [-0.4, -0.2) is 32.2 Å². The molecule has 8 nitrogen and oxygen atoms in total. The number of rotatable bonds is 5. The van der Waals surface area contributed by atoms with Gasteiger partial charge in [0.1, 0.15) is 0 Å². The topological polar surface area (TPSA) is 92.4 Å². The van der Waals surface area contributed by atoms with E-state index in [4.69, 9.17) is 18.9 Å². The van der Waals surface area contributed by atoms with Crippen molar-refractivity contribution in [2.75, 3.05) is 21.0 Å². The van der Waals surface area contributed by atoms with Crippen LogP contribution in [0.25, 0.3) is 0 Å². The van der Waals surface area contributed by atoms with E-state index in [1.165, 1.54) is 39.0 Å². The van der Waals surface area contributed by atoms with E-state index in [2.05, 4.69) is 18.8 Å². The zero-order valence-corrected chi connectivity index (χ0v) is 15.7. The number of ether oxygens (including phenoxy) is 4. The van der Waals surface area contributed by atoms with E-state index < -0.39 is 4.92 Å².